The molecule has 0 saturated heterocycles. The number of thiazole rings is 1. The van der Waals surface area contributed by atoms with Crippen LogP contribution in [0.25, 0.3) is 11.3 Å². The minimum absolute atomic E-state index is 0.0823. The van der Waals surface area contributed by atoms with Crippen molar-refractivity contribution in [3.63, 3.8) is 0 Å². The molecule has 1 atom stereocenters. The third-order valence-electron chi connectivity index (χ3n) is 5.25. The number of anilines is 2. The predicted molar refractivity (Wildman–Crippen MR) is 151 cm³/mol. The van der Waals surface area contributed by atoms with Gasteiger partial charge >= 0.3 is 0 Å². The molecule has 4 rings (SSSR count). The molecule has 0 aliphatic heterocycles. The van der Waals surface area contributed by atoms with Crippen LogP contribution in [0, 0.1) is 10.1 Å². The van der Waals surface area contributed by atoms with E-state index < -0.39 is 4.92 Å². The molecular formula is C26H21BrN4O4S2. The van der Waals surface area contributed by atoms with Crippen LogP contribution in [-0.4, -0.2) is 27.0 Å². The molecule has 11 heteroatoms. The molecule has 8 nitrogen and oxygen atoms in total. The zero-order valence-corrected chi connectivity index (χ0v) is 22.7. The fourth-order valence-corrected chi connectivity index (χ4v) is 5.34. The highest BCUT2D eigenvalue weighted by Crippen LogP contribution is 2.30. The first-order chi connectivity index (χ1) is 17.8. The SMILES string of the molecule is CCC(Sc1cccc(NC(=O)c2ccc([N+](=O)[O-])cc2)c1)C(=O)Nc1nc(-c2ccc(Br)cc2)cs1. The van der Waals surface area contributed by atoms with Gasteiger partial charge in [0, 0.05) is 43.7 Å². The molecule has 0 aliphatic rings. The van der Waals surface area contributed by atoms with Gasteiger partial charge in [0.25, 0.3) is 11.6 Å². The van der Waals surface area contributed by atoms with Crippen LogP contribution < -0.4 is 10.6 Å². The van der Waals surface area contributed by atoms with Crippen LogP contribution in [0.5, 0.6) is 0 Å². The maximum Gasteiger partial charge on any atom is 0.269 e. The van der Waals surface area contributed by atoms with Crippen molar-refractivity contribution in [1.82, 2.24) is 4.98 Å². The Morgan fingerprint density at radius 1 is 1.08 bits per heavy atom. The van der Waals surface area contributed by atoms with Gasteiger partial charge in [-0.1, -0.05) is 41.1 Å². The molecule has 1 heterocycles. The van der Waals surface area contributed by atoms with E-state index in [9.17, 15) is 19.7 Å². The van der Waals surface area contributed by atoms with E-state index in [0.29, 0.717) is 22.8 Å². The van der Waals surface area contributed by atoms with E-state index in [1.807, 2.05) is 42.6 Å². The molecule has 0 saturated carbocycles. The summed E-state index contributed by atoms with van der Waals surface area (Å²) in [4.78, 5) is 41.2. The lowest BCUT2D eigenvalue weighted by Gasteiger charge is -2.14. The summed E-state index contributed by atoms with van der Waals surface area (Å²) in [6.07, 6.45) is 0.598. The van der Waals surface area contributed by atoms with Crippen LogP contribution in [0.2, 0.25) is 0 Å². The van der Waals surface area contributed by atoms with E-state index >= 15 is 0 Å². The first kappa shape index (κ1) is 26.5. The van der Waals surface area contributed by atoms with Gasteiger partial charge in [-0.05, 0) is 48.9 Å². The highest BCUT2D eigenvalue weighted by molar-refractivity contribution is 9.10. The zero-order chi connectivity index (χ0) is 26.4. The summed E-state index contributed by atoms with van der Waals surface area (Å²) in [5.41, 5.74) is 2.54. The van der Waals surface area contributed by atoms with Crippen LogP contribution in [0.4, 0.5) is 16.5 Å². The Hall–Kier alpha value is -3.54. The van der Waals surface area contributed by atoms with Crippen molar-refractivity contribution in [1.29, 1.82) is 0 Å². The van der Waals surface area contributed by atoms with E-state index in [1.54, 1.807) is 18.2 Å². The van der Waals surface area contributed by atoms with Gasteiger partial charge in [-0.2, -0.15) is 0 Å². The normalized spacial score (nSPS) is 11.5. The Balaban J connectivity index is 1.38. The van der Waals surface area contributed by atoms with Crippen LogP contribution >= 0.6 is 39.0 Å². The van der Waals surface area contributed by atoms with Crippen molar-refractivity contribution < 1.29 is 14.5 Å². The lowest BCUT2D eigenvalue weighted by Crippen LogP contribution is -2.24. The number of carbonyl (C=O) groups excluding carboxylic acids is 2. The molecule has 1 unspecified atom stereocenters. The topological polar surface area (TPSA) is 114 Å². The highest BCUT2D eigenvalue weighted by atomic mass is 79.9. The van der Waals surface area contributed by atoms with Gasteiger partial charge in [0.15, 0.2) is 5.13 Å². The number of rotatable bonds is 9. The summed E-state index contributed by atoms with van der Waals surface area (Å²) in [7, 11) is 0. The Morgan fingerprint density at radius 3 is 2.49 bits per heavy atom. The van der Waals surface area contributed by atoms with Gasteiger partial charge in [0.1, 0.15) is 0 Å². The van der Waals surface area contributed by atoms with Crippen molar-refractivity contribution >= 4 is 67.3 Å². The number of amides is 2. The van der Waals surface area contributed by atoms with Gasteiger partial charge in [-0.3, -0.25) is 19.7 Å². The van der Waals surface area contributed by atoms with Crippen LogP contribution in [0.15, 0.2) is 87.5 Å². The van der Waals surface area contributed by atoms with E-state index in [0.717, 1.165) is 20.6 Å². The standard InChI is InChI=1S/C26H21BrN4O4S2/c1-2-23(25(33)30-26-29-22(15-36-26)16-6-10-18(27)11-7-16)37-21-5-3-4-19(14-21)28-24(32)17-8-12-20(13-9-17)31(34)35/h3-15,23H,2H2,1H3,(H,28,32)(H,29,30,33). The fourth-order valence-electron chi connectivity index (χ4n) is 3.34. The molecule has 1 aromatic heterocycles. The number of benzene rings is 3. The summed E-state index contributed by atoms with van der Waals surface area (Å²) >= 11 is 6.19. The lowest BCUT2D eigenvalue weighted by atomic mass is 10.2. The molecule has 0 aliphatic carbocycles. The van der Waals surface area contributed by atoms with Crippen molar-refractivity contribution in [3.05, 3.63) is 98.3 Å². The summed E-state index contributed by atoms with van der Waals surface area (Å²) in [5, 5.41) is 18.6. The molecule has 0 spiro atoms. The monoisotopic (exact) mass is 596 g/mol. The van der Waals surface area contributed by atoms with Crippen LogP contribution in [-0.2, 0) is 4.79 Å². The molecule has 188 valence electrons. The fraction of sp³-hybridized carbons (Fsp3) is 0.115. The van der Waals surface area contributed by atoms with E-state index in [4.69, 9.17) is 0 Å². The maximum atomic E-state index is 13.0. The van der Waals surface area contributed by atoms with Gasteiger partial charge in [-0.25, -0.2) is 4.98 Å². The number of thioether (sulfide) groups is 1. The Kier molecular flexibility index (Phi) is 8.70. The molecule has 4 aromatic rings. The summed E-state index contributed by atoms with van der Waals surface area (Å²) in [5.74, 6) is -0.531. The average molecular weight is 598 g/mol. The first-order valence-corrected chi connectivity index (χ1v) is 13.7. The predicted octanol–water partition coefficient (Wildman–Crippen LogP) is 7.24. The quantitative estimate of drug-likeness (QED) is 0.119. The van der Waals surface area contributed by atoms with Crippen molar-refractivity contribution in [2.75, 3.05) is 10.6 Å². The minimum Gasteiger partial charge on any atom is -0.322 e. The number of hydrogen-bond donors (Lipinski definition) is 2. The van der Waals surface area contributed by atoms with E-state index in [2.05, 4.69) is 31.5 Å². The van der Waals surface area contributed by atoms with Gasteiger partial charge in [0.05, 0.1) is 15.9 Å². The van der Waals surface area contributed by atoms with Gasteiger partial charge in [0.2, 0.25) is 5.91 Å². The smallest absolute Gasteiger partial charge is 0.269 e. The highest BCUT2D eigenvalue weighted by Gasteiger charge is 2.20. The number of aromatic nitrogens is 1. The van der Waals surface area contributed by atoms with E-state index in [-0.39, 0.29) is 22.8 Å². The number of non-ortho nitro benzene ring substituents is 1. The Labute approximate surface area is 229 Å². The van der Waals surface area contributed by atoms with Crippen molar-refractivity contribution in [3.8, 4) is 11.3 Å². The molecule has 0 radical (unpaired) electrons. The van der Waals surface area contributed by atoms with Gasteiger partial charge < -0.3 is 10.6 Å². The molecule has 37 heavy (non-hydrogen) atoms. The zero-order valence-electron chi connectivity index (χ0n) is 19.5. The Morgan fingerprint density at radius 2 is 1.81 bits per heavy atom. The summed E-state index contributed by atoms with van der Waals surface area (Å²) < 4.78 is 0.984. The second-order valence-electron chi connectivity index (χ2n) is 7.83. The average Bonchev–Trinajstić information content (AvgIpc) is 3.36. The van der Waals surface area contributed by atoms with Gasteiger partial charge in [-0.15, -0.1) is 23.1 Å². The lowest BCUT2D eigenvalue weighted by molar-refractivity contribution is -0.384. The number of nitrogens with one attached hydrogen (secondary N) is 2. The molecule has 2 N–H and O–H groups in total. The number of nitro benzene ring substituents is 1. The first-order valence-electron chi connectivity index (χ1n) is 11.2. The number of nitrogens with zero attached hydrogens (tertiary/aromatic N) is 2. The van der Waals surface area contributed by atoms with Crippen molar-refractivity contribution in [2.45, 2.75) is 23.5 Å². The Bertz CT molecular complexity index is 1430. The third-order valence-corrected chi connectivity index (χ3v) is 7.89. The number of halogens is 1. The third kappa shape index (κ3) is 7.03. The number of carbonyl (C=O) groups is 2. The maximum absolute atomic E-state index is 13.0. The second kappa shape index (κ2) is 12.1. The van der Waals surface area contributed by atoms with Crippen molar-refractivity contribution in [2.24, 2.45) is 0 Å². The van der Waals surface area contributed by atoms with Crippen LogP contribution in [0.1, 0.15) is 23.7 Å². The largest absolute Gasteiger partial charge is 0.322 e. The van der Waals surface area contributed by atoms with Crippen LogP contribution in [0.3, 0.4) is 0 Å². The molecule has 3 aromatic carbocycles. The number of hydrogen-bond acceptors (Lipinski definition) is 7. The summed E-state index contributed by atoms with van der Waals surface area (Å²) in [6.45, 7) is 1.94. The van der Waals surface area contributed by atoms with E-state index in [1.165, 1.54) is 47.4 Å². The minimum atomic E-state index is -0.515. The second-order valence-corrected chi connectivity index (χ2v) is 10.9. The molecule has 0 bridgehead atoms. The number of nitro groups is 1. The molecule has 0 fully saturated rings. The summed E-state index contributed by atoms with van der Waals surface area (Å²) in [6, 6.07) is 20.4. The molecular weight excluding hydrogens is 576 g/mol. The molecule has 2 amide bonds.